The molecule has 0 radical (unpaired) electrons. The topological polar surface area (TPSA) is 66.5 Å². The van der Waals surface area contributed by atoms with Crippen molar-refractivity contribution in [3.05, 3.63) is 65.5 Å². The number of aryl methyl sites for hydroxylation is 1. The number of hydrogen-bond donors (Lipinski definition) is 1. The number of nitrogens with zero attached hydrogens (tertiary/aromatic N) is 1. The molecule has 1 N–H and O–H groups in total. The summed E-state index contributed by atoms with van der Waals surface area (Å²) in [4.78, 5) is 12.4. The molecule has 0 aliphatic heterocycles. The number of benzene rings is 2. The maximum Gasteiger partial charge on any atom is 0.243 e. The van der Waals surface area contributed by atoms with Crippen LogP contribution in [0.25, 0.3) is 0 Å². The van der Waals surface area contributed by atoms with Crippen molar-refractivity contribution in [2.45, 2.75) is 44.7 Å². The average molecular weight is 392 g/mol. The van der Waals surface area contributed by atoms with Gasteiger partial charge in [0.15, 0.2) is 0 Å². The molecule has 0 aliphatic rings. The van der Waals surface area contributed by atoms with Crippen LogP contribution in [0.4, 0.5) is 4.39 Å². The Balaban J connectivity index is 2.31. The van der Waals surface area contributed by atoms with Crippen LogP contribution in [0, 0.1) is 12.7 Å². The normalized spacial score (nSPS) is 12.8. The van der Waals surface area contributed by atoms with E-state index in [4.69, 9.17) is 0 Å². The van der Waals surface area contributed by atoms with E-state index < -0.39 is 15.8 Å². The van der Waals surface area contributed by atoms with Gasteiger partial charge in [-0.2, -0.15) is 4.31 Å². The van der Waals surface area contributed by atoms with Gasteiger partial charge in [-0.15, -0.1) is 0 Å². The summed E-state index contributed by atoms with van der Waals surface area (Å²) in [5.41, 5.74) is 1.54. The number of hydrogen-bond acceptors (Lipinski definition) is 3. The summed E-state index contributed by atoms with van der Waals surface area (Å²) >= 11 is 0. The zero-order valence-electron chi connectivity index (χ0n) is 15.8. The Labute approximate surface area is 160 Å². The molecule has 7 heteroatoms. The van der Waals surface area contributed by atoms with Gasteiger partial charge in [0.25, 0.3) is 0 Å². The molecule has 1 atom stereocenters. The quantitative estimate of drug-likeness (QED) is 0.750. The Morgan fingerprint density at radius 1 is 1.11 bits per heavy atom. The standard InChI is InChI=1S/C20H25FN2O3S/c1-4-16(3)22-20(24)14-23(13-17-7-9-18(21)10-8-17)27(25,26)19-11-5-15(2)6-12-19/h5-12,16H,4,13-14H2,1-3H3,(H,22,24)/t16-/m0/s1. The summed E-state index contributed by atoms with van der Waals surface area (Å²) in [5, 5.41) is 2.78. The Kier molecular flexibility index (Phi) is 7.10. The fourth-order valence-electron chi connectivity index (χ4n) is 2.46. The monoisotopic (exact) mass is 392 g/mol. The zero-order valence-corrected chi connectivity index (χ0v) is 16.6. The van der Waals surface area contributed by atoms with E-state index in [1.807, 2.05) is 20.8 Å². The predicted molar refractivity (Wildman–Crippen MR) is 103 cm³/mol. The molecule has 146 valence electrons. The summed E-state index contributed by atoms with van der Waals surface area (Å²) in [5.74, 6) is -0.775. The van der Waals surface area contributed by atoms with Gasteiger partial charge in [0, 0.05) is 12.6 Å². The van der Waals surface area contributed by atoms with Gasteiger partial charge >= 0.3 is 0 Å². The number of nitrogens with one attached hydrogen (secondary N) is 1. The average Bonchev–Trinajstić information content (AvgIpc) is 2.63. The van der Waals surface area contributed by atoms with Crippen LogP contribution in [0.15, 0.2) is 53.4 Å². The summed E-state index contributed by atoms with van der Waals surface area (Å²) < 4.78 is 40.4. The number of halogens is 1. The van der Waals surface area contributed by atoms with E-state index in [-0.39, 0.29) is 29.9 Å². The van der Waals surface area contributed by atoms with Crippen LogP contribution < -0.4 is 5.32 Å². The molecule has 27 heavy (non-hydrogen) atoms. The van der Waals surface area contributed by atoms with E-state index >= 15 is 0 Å². The van der Waals surface area contributed by atoms with Gasteiger partial charge in [-0.3, -0.25) is 4.79 Å². The Hall–Kier alpha value is -2.25. The number of carbonyl (C=O) groups excluding carboxylic acids is 1. The van der Waals surface area contributed by atoms with Crippen molar-refractivity contribution in [3.8, 4) is 0 Å². The maximum atomic E-state index is 13.2. The Morgan fingerprint density at radius 3 is 2.26 bits per heavy atom. The zero-order chi connectivity index (χ0) is 20.0. The third-order valence-corrected chi connectivity index (χ3v) is 6.08. The van der Waals surface area contributed by atoms with Crippen LogP contribution in [-0.4, -0.2) is 31.2 Å². The second kappa shape index (κ2) is 9.10. The summed E-state index contributed by atoms with van der Waals surface area (Å²) in [6.45, 7) is 5.33. The summed E-state index contributed by atoms with van der Waals surface area (Å²) in [7, 11) is -3.88. The first-order valence-corrected chi connectivity index (χ1v) is 10.3. The number of rotatable bonds is 8. The van der Waals surface area contributed by atoms with Crippen molar-refractivity contribution in [1.82, 2.24) is 9.62 Å². The molecule has 2 aromatic rings. The number of amides is 1. The largest absolute Gasteiger partial charge is 0.353 e. The van der Waals surface area contributed by atoms with Gasteiger partial charge < -0.3 is 5.32 Å². The molecule has 0 heterocycles. The fourth-order valence-corrected chi connectivity index (χ4v) is 3.85. The third-order valence-electron chi connectivity index (χ3n) is 4.27. The van der Waals surface area contributed by atoms with Gasteiger partial charge in [0.1, 0.15) is 5.82 Å². The maximum absolute atomic E-state index is 13.2. The van der Waals surface area contributed by atoms with Gasteiger partial charge in [0.05, 0.1) is 11.4 Å². The van der Waals surface area contributed by atoms with Crippen LogP contribution in [0.2, 0.25) is 0 Å². The van der Waals surface area contributed by atoms with Crippen molar-refractivity contribution >= 4 is 15.9 Å². The molecule has 0 unspecified atom stereocenters. The second-order valence-corrected chi connectivity index (χ2v) is 8.53. The smallest absolute Gasteiger partial charge is 0.243 e. The first-order valence-electron chi connectivity index (χ1n) is 8.83. The molecular weight excluding hydrogens is 367 g/mol. The lowest BCUT2D eigenvalue weighted by Crippen LogP contribution is -2.43. The second-order valence-electron chi connectivity index (χ2n) is 6.59. The minimum atomic E-state index is -3.88. The lowest BCUT2D eigenvalue weighted by Gasteiger charge is -2.23. The highest BCUT2D eigenvalue weighted by Gasteiger charge is 2.27. The Bertz CT molecular complexity index is 865. The van der Waals surface area contributed by atoms with Crippen LogP contribution in [0.1, 0.15) is 31.4 Å². The number of sulfonamides is 1. The van der Waals surface area contributed by atoms with Crippen molar-refractivity contribution in [1.29, 1.82) is 0 Å². The van der Waals surface area contributed by atoms with Crippen molar-refractivity contribution in [2.75, 3.05) is 6.54 Å². The minimum Gasteiger partial charge on any atom is -0.353 e. The molecule has 0 spiro atoms. The van der Waals surface area contributed by atoms with Gasteiger partial charge in [-0.25, -0.2) is 12.8 Å². The molecule has 0 bridgehead atoms. The van der Waals surface area contributed by atoms with E-state index in [0.29, 0.717) is 5.56 Å². The number of carbonyl (C=O) groups is 1. The SMILES string of the molecule is CC[C@H](C)NC(=O)CN(Cc1ccc(F)cc1)S(=O)(=O)c1ccc(C)cc1. The van der Waals surface area contributed by atoms with Gasteiger partial charge in [-0.1, -0.05) is 36.8 Å². The van der Waals surface area contributed by atoms with Crippen LogP contribution in [-0.2, 0) is 21.4 Å². The fraction of sp³-hybridized carbons (Fsp3) is 0.350. The molecule has 0 fully saturated rings. The molecule has 5 nitrogen and oxygen atoms in total. The minimum absolute atomic E-state index is 0.0234. The molecule has 0 aliphatic carbocycles. The third kappa shape index (κ3) is 5.87. The van der Waals surface area contributed by atoms with Crippen LogP contribution in [0.5, 0.6) is 0 Å². The van der Waals surface area contributed by atoms with Crippen molar-refractivity contribution in [2.24, 2.45) is 0 Å². The van der Waals surface area contributed by atoms with E-state index in [1.165, 1.54) is 36.4 Å². The Morgan fingerprint density at radius 2 is 1.70 bits per heavy atom. The highest BCUT2D eigenvalue weighted by Crippen LogP contribution is 2.19. The van der Waals surface area contributed by atoms with Crippen molar-refractivity contribution in [3.63, 3.8) is 0 Å². The van der Waals surface area contributed by atoms with Crippen LogP contribution in [0.3, 0.4) is 0 Å². The van der Waals surface area contributed by atoms with Gasteiger partial charge in [-0.05, 0) is 50.1 Å². The first-order chi connectivity index (χ1) is 12.7. The summed E-state index contributed by atoms with van der Waals surface area (Å²) in [6.07, 6.45) is 0.744. The highest BCUT2D eigenvalue weighted by atomic mass is 32.2. The molecule has 2 aromatic carbocycles. The van der Waals surface area contributed by atoms with Gasteiger partial charge in [0.2, 0.25) is 15.9 Å². The molecular formula is C20H25FN2O3S. The summed E-state index contributed by atoms with van der Waals surface area (Å²) in [6, 6.07) is 12.0. The van der Waals surface area contributed by atoms with Crippen LogP contribution >= 0.6 is 0 Å². The van der Waals surface area contributed by atoms with E-state index in [2.05, 4.69) is 5.32 Å². The molecule has 1 amide bonds. The first kappa shape index (κ1) is 21.1. The predicted octanol–water partition coefficient (Wildman–Crippen LogP) is 3.24. The lowest BCUT2D eigenvalue weighted by atomic mass is 10.2. The van der Waals surface area contributed by atoms with E-state index in [0.717, 1.165) is 16.3 Å². The highest BCUT2D eigenvalue weighted by molar-refractivity contribution is 7.89. The lowest BCUT2D eigenvalue weighted by molar-refractivity contribution is -0.122. The van der Waals surface area contributed by atoms with E-state index in [9.17, 15) is 17.6 Å². The van der Waals surface area contributed by atoms with Crippen molar-refractivity contribution < 1.29 is 17.6 Å². The molecule has 0 saturated carbocycles. The van der Waals surface area contributed by atoms with E-state index in [1.54, 1.807) is 12.1 Å². The molecule has 0 saturated heterocycles. The molecule has 2 rings (SSSR count). The molecule has 0 aromatic heterocycles.